The van der Waals surface area contributed by atoms with Gasteiger partial charge in [0.05, 0.1) is 5.69 Å². The lowest BCUT2D eigenvalue weighted by atomic mass is 9.74. The van der Waals surface area contributed by atoms with Crippen molar-refractivity contribution in [3.8, 4) is 0 Å². The molecule has 0 saturated heterocycles. The average Bonchev–Trinajstić information content (AvgIpc) is 2.75. The van der Waals surface area contributed by atoms with Gasteiger partial charge in [0.15, 0.2) is 0 Å². The van der Waals surface area contributed by atoms with Crippen LogP contribution in [0.3, 0.4) is 0 Å². The fraction of sp³-hybridized carbons (Fsp3) is 0.824. The van der Waals surface area contributed by atoms with Crippen molar-refractivity contribution >= 4 is 0 Å². The van der Waals surface area contributed by atoms with Crippen molar-refractivity contribution in [3.63, 3.8) is 0 Å². The van der Waals surface area contributed by atoms with Gasteiger partial charge in [-0.3, -0.25) is 5.10 Å². The third-order valence-corrected chi connectivity index (χ3v) is 4.42. The lowest BCUT2D eigenvalue weighted by Gasteiger charge is -2.30. The Kier molecular flexibility index (Phi) is 7.25. The van der Waals surface area contributed by atoms with Crippen LogP contribution in [0.2, 0.25) is 0 Å². The number of unbranched alkanes of at least 4 members (excludes halogenated alkanes) is 5. The largest absolute Gasteiger partial charge is 0.253 e. The first kappa shape index (κ1) is 17.2. The van der Waals surface area contributed by atoms with Crippen LogP contribution < -0.4 is 0 Å². The zero-order chi connectivity index (χ0) is 15.0. The molecule has 0 fully saturated rings. The molecule has 2 nitrogen and oxygen atoms in total. The normalized spacial score (nSPS) is 14.4. The first-order chi connectivity index (χ1) is 9.55. The molecule has 0 aliphatic rings. The second kappa shape index (κ2) is 8.43. The summed E-state index contributed by atoms with van der Waals surface area (Å²) in [6.45, 7) is 8.57. The number of halogens is 1. The summed E-state index contributed by atoms with van der Waals surface area (Å²) in [7, 11) is 0. The van der Waals surface area contributed by atoms with Crippen molar-refractivity contribution in [1.82, 2.24) is 10.2 Å². The lowest BCUT2D eigenvalue weighted by molar-refractivity contribution is 0.350. The minimum atomic E-state index is -0.225. The van der Waals surface area contributed by atoms with E-state index in [0.717, 1.165) is 24.1 Å². The highest BCUT2D eigenvalue weighted by Gasteiger charge is 2.32. The summed E-state index contributed by atoms with van der Waals surface area (Å²) in [4.78, 5) is 0. The van der Waals surface area contributed by atoms with Crippen molar-refractivity contribution in [2.45, 2.75) is 90.9 Å². The minimum absolute atomic E-state index is 0.0654. The van der Waals surface area contributed by atoms with Crippen molar-refractivity contribution < 1.29 is 4.39 Å². The third-order valence-electron chi connectivity index (χ3n) is 4.42. The molecule has 0 amide bonds. The maximum Gasteiger partial charge on any atom is 0.212 e. The lowest BCUT2D eigenvalue weighted by Crippen LogP contribution is -2.24. The van der Waals surface area contributed by atoms with Gasteiger partial charge in [-0.2, -0.15) is 9.49 Å². The first-order valence-corrected chi connectivity index (χ1v) is 8.26. The van der Waals surface area contributed by atoms with Gasteiger partial charge in [0.2, 0.25) is 5.95 Å². The second-order valence-corrected chi connectivity index (χ2v) is 6.33. The van der Waals surface area contributed by atoms with Gasteiger partial charge in [-0.1, -0.05) is 65.7 Å². The third kappa shape index (κ3) is 4.60. The quantitative estimate of drug-likeness (QED) is 0.551. The summed E-state index contributed by atoms with van der Waals surface area (Å²) < 4.78 is 14.1. The topological polar surface area (TPSA) is 28.7 Å². The molecular weight excluding hydrogens is 251 g/mol. The van der Waals surface area contributed by atoms with E-state index in [0.29, 0.717) is 0 Å². The maximum atomic E-state index is 14.1. The van der Waals surface area contributed by atoms with Gasteiger partial charge in [-0.25, -0.2) is 0 Å². The molecule has 0 saturated carbocycles. The molecule has 1 rings (SSSR count). The van der Waals surface area contributed by atoms with E-state index in [1.54, 1.807) is 0 Å². The van der Waals surface area contributed by atoms with Gasteiger partial charge in [0, 0.05) is 5.56 Å². The molecule has 0 radical (unpaired) electrons. The van der Waals surface area contributed by atoms with E-state index >= 15 is 0 Å². The van der Waals surface area contributed by atoms with Crippen LogP contribution in [0.4, 0.5) is 4.39 Å². The average molecular weight is 282 g/mol. The SMILES string of the molecule is CCCCCCC(C)(CCCCC)c1c(C)n[nH]c1F. The van der Waals surface area contributed by atoms with E-state index in [1.807, 2.05) is 6.92 Å². The van der Waals surface area contributed by atoms with Gasteiger partial charge < -0.3 is 0 Å². The molecule has 1 aromatic heterocycles. The number of aryl methyl sites for hydroxylation is 1. The van der Waals surface area contributed by atoms with Gasteiger partial charge in [-0.15, -0.1) is 0 Å². The molecule has 1 atom stereocenters. The fourth-order valence-corrected chi connectivity index (χ4v) is 3.19. The zero-order valence-electron chi connectivity index (χ0n) is 13.7. The predicted molar refractivity (Wildman–Crippen MR) is 83.5 cm³/mol. The van der Waals surface area contributed by atoms with Crippen LogP contribution in [0.15, 0.2) is 0 Å². The van der Waals surface area contributed by atoms with Crippen LogP contribution in [0, 0.1) is 12.9 Å². The van der Waals surface area contributed by atoms with Gasteiger partial charge in [0.25, 0.3) is 0 Å². The molecule has 0 bridgehead atoms. The van der Waals surface area contributed by atoms with Crippen LogP contribution in [-0.4, -0.2) is 10.2 Å². The minimum Gasteiger partial charge on any atom is -0.253 e. The van der Waals surface area contributed by atoms with Crippen LogP contribution in [0.25, 0.3) is 0 Å². The summed E-state index contributed by atoms with van der Waals surface area (Å²) in [5.74, 6) is -0.225. The number of hydrogen-bond donors (Lipinski definition) is 1. The van der Waals surface area contributed by atoms with E-state index in [-0.39, 0.29) is 11.4 Å². The number of H-pyrrole nitrogens is 1. The molecular formula is C17H31FN2. The first-order valence-electron chi connectivity index (χ1n) is 8.26. The molecule has 116 valence electrons. The molecule has 0 spiro atoms. The molecule has 3 heteroatoms. The van der Waals surface area contributed by atoms with Crippen molar-refractivity contribution in [2.24, 2.45) is 0 Å². The zero-order valence-corrected chi connectivity index (χ0v) is 13.7. The second-order valence-electron chi connectivity index (χ2n) is 6.33. The number of aromatic amines is 1. The summed E-state index contributed by atoms with van der Waals surface area (Å²) >= 11 is 0. The molecule has 0 aliphatic heterocycles. The van der Waals surface area contributed by atoms with Crippen molar-refractivity contribution in [2.75, 3.05) is 0 Å². The summed E-state index contributed by atoms with van der Waals surface area (Å²) in [6, 6.07) is 0. The Balaban J connectivity index is 2.77. The van der Waals surface area contributed by atoms with Gasteiger partial charge >= 0.3 is 0 Å². The highest BCUT2D eigenvalue weighted by Crippen LogP contribution is 2.37. The smallest absolute Gasteiger partial charge is 0.212 e. The van der Waals surface area contributed by atoms with Gasteiger partial charge in [-0.05, 0) is 25.2 Å². The van der Waals surface area contributed by atoms with E-state index in [4.69, 9.17) is 0 Å². The van der Waals surface area contributed by atoms with E-state index < -0.39 is 0 Å². The molecule has 0 aliphatic carbocycles. The Morgan fingerprint density at radius 2 is 1.55 bits per heavy atom. The molecule has 1 N–H and O–H groups in total. The van der Waals surface area contributed by atoms with E-state index in [2.05, 4.69) is 31.0 Å². The Hall–Kier alpha value is -0.860. The summed E-state index contributed by atoms with van der Waals surface area (Å²) in [5, 5.41) is 6.57. The highest BCUT2D eigenvalue weighted by atomic mass is 19.1. The Morgan fingerprint density at radius 3 is 2.05 bits per heavy atom. The number of hydrogen-bond acceptors (Lipinski definition) is 1. The Bertz CT molecular complexity index is 367. The van der Waals surface area contributed by atoms with Crippen molar-refractivity contribution in [1.29, 1.82) is 0 Å². The number of nitrogens with one attached hydrogen (secondary N) is 1. The van der Waals surface area contributed by atoms with Crippen LogP contribution >= 0.6 is 0 Å². The van der Waals surface area contributed by atoms with Gasteiger partial charge in [0.1, 0.15) is 0 Å². The molecule has 1 aromatic rings. The Morgan fingerprint density at radius 1 is 1.00 bits per heavy atom. The maximum absolute atomic E-state index is 14.1. The van der Waals surface area contributed by atoms with Crippen molar-refractivity contribution in [3.05, 3.63) is 17.2 Å². The standard InChI is InChI=1S/C17H31FN2/c1-5-7-9-11-13-17(4,12-10-8-6-2)15-14(3)19-20-16(15)18/h5-13H2,1-4H3,(H,19,20). The number of rotatable bonds is 10. The number of aromatic nitrogens is 2. The summed E-state index contributed by atoms with van der Waals surface area (Å²) in [5.41, 5.74) is 1.59. The predicted octanol–water partition coefficient (Wildman–Crippen LogP) is 5.67. The molecule has 0 aromatic carbocycles. The van der Waals surface area contributed by atoms with E-state index in [1.165, 1.54) is 44.9 Å². The summed E-state index contributed by atoms with van der Waals surface area (Å²) in [6.07, 6.45) is 10.7. The molecule has 20 heavy (non-hydrogen) atoms. The van der Waals surface area contributed by atoms with Crippen LogP contribution in [-0.2, 0) is 5.41 Å². The highest BCUT2D eigenvalue weighted by molar-refractivity contribution is 5.26. The van der Waals surface area contributed by atoms with Crippen LogP contribution in [0.1, 0.15) is 89.8 Å². The fourth-order valence-electron chi connectivity index (χ4n) is 3.19. The van der Waals surface area contributed by atoms with E-state index in [9.17, 15) is 4.39 Å². The monoisotopic (exact) mass is 282 g/mol. The van der Waals surface area contributed by atoms with Crippen LogP contribution in [0.5, 0.6) is 0 Å². The molecule has 1 unspecified atom stereocenters. The number of nitrogens with zero attached hydrogens (tertiary/aromatic N) is 1. The Labute approximate surface area is 123 Å². The molecule has 1 heterocycles.